The summed E-state index contributed by atoms with van der Waals surface area (Å²) in [4.78, 5) is 6.92. The number of aryl methyl sites for hydroxylation is 1. The minimum Gasteiger partial charge on any atom is -0.357 e. The van der Waals surface area contributed by atoms with Gasteiger partial charge in [-0.1, -0.05) is 30.3 Å². The molecule has 6 heteroatoms. The van der Waals surface area contributed by atoms with E-state index in [1.165, 1.54) is 5.56 Å². The third-order valence-corrected chi connectivity index (χ3v) is 4.22. The van der Waals surface area contributed by atoms with Crippen molar-refractivity contribution < 1.29 is 0 Å². The Morgan fingerprint density at radius 3 is 2.56 bits per heavy atom. The van der Waals surface area contributed by atoms with Crippen molar-refractivity contribution >= 4 is 5.96 Å². The molecule has 1 heterocycles. The van der Waals surface area contributed by atoms with Crippen LogP contribution in [0.1, 0.15) is 18.2 Å². The van der Waals surface area contributed by atoms with Crippen LogP contribution in [0, 0.1) is 0 Å². The van der Waals surface area contributed by atoms with Crippen molar-refractivity contribution in [3.63, 3.8) is 0 Å². The summed E-state index contributed by atoms with van der Waals surface area (Å²) in [5.41, 5.74) is 2.44. The van der Waals surface area contributed by atoms with Gasteiger partial charge >= 0.3 is 0 Å². The highest BCUT2D eigenvalue weighted by molar-refractivity contribution is 5.79. The lowest BCUT2D eigenvalue weighted by molar-refractivity contribution is 0.290. The van der Waals surface area contributed by atoms with E-state index < -0.39 is 0 Å². The number of aromatic nitrogens is 2. The quantitative estimate of drug-likeness (QED) is 0.566. The summed E-state index contributed by atoms with van der Waals surface area (Å²) in [6, 6.07) is 13.0. The largest absolute Gasteiger partial charge is 0.357 e. The number of hydrogen-bond donors (Lipinski definition) is 2. The van der Waals surface area contributed by atoms with Gasteiger partial charge in [0.2, 0.25) is 0 Å². The predicted octanol–water partition coefficient (Wildman–Crippen LogP) is 1.65. The molecule has 136 valence electrons. The van der Waals surface area contributed by atoms with Gasteiger partial charge in [-0.3, -0.25) is 4.68 Å². The van der Waals surface area contributed by atoms with Gasteiger partial charge in [0.25, 0.3) is 0 Å². The maximum Gasteiger partial charge on any atom is 0.191 e. The number of likely N-dealkylation sites (N-methyl/N-ethyl adjacent to an activating group) is 1. The molecule has 1 aromatic carbocycles. The van der Waals surface area contributed by atoms with Crippen LogP contribution >= 0.6 is 0 Å². The molecule has 6 nitrogen and oxygen atoms in total. The molecule has 0 aliphatic heterocycles. The number of hydrogen-bond acceptors (Lipinski definition) is 3. The van der Waals surface area contributed by atoms with E-state index in [-0.39, 0.29) is 0 Å². The summed E-state index contributed by atoms with van der Waals surface area (Å²) in [5, 5.41) is 11.0. The highest BCUT2D eigenvalue weighted by Gasteiger charge is 2.13. The van der Waals surface area contributed by atoms with E-state index >= 15 is 0 Å². The molecule has 0 fully saturated rings. The van der Waals surface area contributed by atoms with E-state index in [9.17, 15) is 0 Å². The summed E-state index contributed by atoms with van der Waals surface area (Å²) < 4.78 is 1.85. The van der Waals surface area contributed by atoms with Crippen LogP contribution in [0.5, 0.6) is 0 Å². The minimum absolute atomic E-state index is 0.392. The molecule has 0 spiro atoms. The molecule has 0 aliphatic carbocycles. The number of benzene rings is 1. The molecule has 0 amide bonds. The third-order valence-electron chi connectivity index (χ3n) is 4.22. The molecule has 0 saturated heterocycles. The van der Waals surface area contributed by atoms with Crippen molar-refractivity contribution in [1.82, 2.24) is 25.3 Å². The molecular weight excluding hydrogens is 312 g/mol. The van der Waals surface area contributed by atoms with Gasteiger partial charge in [-0.25, -0.2) is 4.99 Å². The fraction of sp³-hybridized carbons (Fsp3) is 0.474. The average Bonchev–Trinajstić information content (AvgIpc) is 3.01. The van der Waals surface area contributed by atoms with E-state index in [0.29, 0.717) is 12.6 Å². The van der Waals surface area contributed by atoms with E-state index in [2.05, 4.69) is 77.0 Å². The molecular formula is C19H30N6. The van der Waals surface area contributed by atoms with Crippen LogP contribution in [-0.4, -0.2) is 53.9 Å². The van der Waals surface area contributed by atoms with E-state index in [1.54, 1.807) is 6.20 Å². The molecule has 25 heavy (non-hydrogen) atoms. The second-order valence-corrected chi connectivity index (χ2v) is 6.33. The lowest BCUT2D eigenvalue weighted by Crippen LogP contribution is -2.46. The Morgan fingerprint density at radius 1 is 1.20 bits per heavy atom. The van der Waals surface area contributed by atoms with E-state index in [1.807, 2.05) is 17.8 Å². The second kappa shape index (κ2) is 9.84. The Bertz CT molecular complexity index is 647. The minimum atomic E-state index is 0.392. The van der Waals surface area contributed by atoms with Crippen LogP contribution < -0.4 is 10.6 Å². The average molecular weight is 342 g/mol. The maximum atomic E-state index is 4.67. The molecule has 2 rings (SSSR count). The predicted molar refractivity (Wildman–Crippen MR) is 104 cm³/mol. The normalized spacial score (nSPS) is 13.1. The smallest absolute Gasteiger partial charge is 0.191 e. The summed E-state index contributed by atoms with van der Waals surface area (Å²) in [6.45, 7) is 4.35. The fourth-order valence-electron chi connectivity index (χ4n) is 2.60. The molecule has 0 bridgehead atoms. The van der Waals surface area contributed by atoms with Gasteiger partial charge in [0, 0.05) is 32.4 Å². The van der Waals surface area contributed by atoms with E-state index in [0.717, 1.165) is 31.2 Å². The Morgan fingerprint density at radius 2 is 1.96 bits per heavy atom. The van der Waals surface area contributed by atoms with Crippen molar-refractivity contribution in [3.8, 4) is 0 Å². The third kappa shape index (κ3) is 6.23. The first-order valence-corrected chi connectivity index (χ1v) is 8.79. The van der Waals surface area contributed by atoms with Crippen molar-refractivity contribution in [2.45, 2.75) is 25.9 Å². The van der Waals surface area contributed by atoms with Crippen LogP contribution in [0.4, 0.5) is 0 Å². The van der Waals surface area contributed by atoms with Gasteiger partial charge < -0.3 is 15.5 Å². The number of aliphatic imine (C=N–C) groups is 1. The van der Waals surface area contributed by atoms with E-state index in [4.69, 9.17) is 0 Å². The maximum absolute atomic E-state index is 4.67. The number of guanidine groups is 1. The van der Waals surface area contributed by atoms with Crippen LogP contribution in [0.15, 0.2) is 47.6 Å². The number of nitrogens with zero attached hydrogens (tertiary/aromatic N) is 4. The molecule has 1 atom stereocenters. The lowest BCUT2D eigenvalue weighted by Gasteiger charge is -2.25. The van der Waals surface area contributed by atoms with Crippen molar-refractivity contribution in [3.05, 3.63) is 53.9 Å². The van der Waals surface area contributed by atoms with Crippen molar-refractivity contribution in [1.29, 1.82) is 0 Å². The first-order chi connectivity index (χ1) is 12.1. The summed E-state index contributed by atoms with van der Waals surface area (Å²) in [6.07, 6.45) is 2.80. The highest BCUT2D eigenvalue weighted by atomic mass is 15.3. The Hall–Kier alpha value is -2.34. The topological polar surface area (TPSA) is 57.5 Å². The van der Waals surface area contributed by atoms with Crippen LogP contribution in [0.2, 0.25) is 0 Å². The monoisotopic (exact) mass is 342 g/mol. The molecule has 1 unspecified atom stereocenters. The second-order valence-electron chi connectivity index (χ2n) is 6.33. The zero-order valence-corrected chi connectivity index (χ0v) is 15.7. The molecule has 0 aliphatic rings. The van der Waals surface area contributed by atoms with Gasteiger partial charge in [-0.15, -0.1) is 0 Å². The molecule has 0 radical (unpaired) electrons. The summed E-state index contributed by atoms with van der Waals surface area (Å²) >= 11 is 0. The SMILES string of the molecule is CCNC(=NCc1ccnn1C)NCC(Cc1ccccc1)N(C)C. The van der Waals surface area contributed by atoms with Crippen LogP contribution in [-0.2, 0) is 20.0 Å². The van der Waals surface area contributed by atoms with Gasteiger partial charge in [0.05, 0.1) is 12.2 Å². The lowest BCUT2D eigenvalue weighted by atomic mass is 10.1. The Balaban J connectivity index is 1.96. The molecule has 2 aromatic rings. The molecule has 1 aromatic heterocycles. The Kier molecular flexibility index (Phi) is 7.47. The molecule has 0 saturated carbocycles. The van der Waals surface area contributed by atoms with Crippen molar-refractivity contribution in [2.75, 3.05) is 27.2 Å². The highest BCUT2D eigenvalue weighted by Crippen LogP contribution is 2.06. The first kappa shape index (κ1) is 19.0. The number of rotatable bonds is 8. The van der Waals surface area contributed by atoms with Gasteiger partial charge in [0.1, 0.15) is 0 Å². The van der Waals surface area contributed by atoms with Crippen LogP contribution in [0.25, 0.3) is 0 Å². The summed E-state index contributed by atoms with van der Waals surface area (Å²) in [7, 11) is 6.18. The summed E-state index contributed by atoms with van der Waals surface area (Å²) in [5.74, 6) is 0.837. The standard InChI is InChI=1S/C19H30N6/c1-5-20-19(21-14-17-11-12-23-25(17)4)22-15-18(24(2)3)13-16-9-7-6-8-10-16/h6-12,18H,5,13-15H2,1-4H3,(H2,20,21,22). The van der Waals surface area contributed by atoms with Gasteiger partial charge in [0.15, 0.2) is 5.96 Å². The first-order valence-electron chi connectivity index (χ1n) is 8.79. The van der Waals surface area contributed by atoms with Crippen LogP contribution in [0.3, 0.4) is 0 Å². The number of nitrogens with one attached hydrogen (secondary N) is 2. The van der Waals surface area contributed by atoms with Gasteiger partial charge in [-0.2, -0.15) is 5.10 Å². The molecule has 2 N–H and O–H groups in total. The Labute approximate surface area is 151 Å². The van der Waals surface area contributed by atoms with Crippen molar-refractivity contribution in [2.24, 2.45) is 12.0 Å². The fourth-order valence-corrected chi connectivity index (χ4v) is 2.60. The zero-order valence-electron chi connectivity index (χ0n) is 15.7. The van der Waals surface area contributed by atoms with Gasteiger partial charge in [-0.05, 0) is 39.1 Å². The zero-order chi connectivity index (χ0) is 18.1.